The monoisotopic (exact) mass is 413 g/mol. The third kappa shape index (κ3) is 4.70. The second kappa shape index (κ2) is 9.09. The van der Waals surface area contributed by atoms with Crippen LogP contribution in [0.15, 0.2) is 30.6 Å². The van der Waals surface area contributed by atoms with Crippen LogP contribution in [0.2, 0.25) is 5.02 Å². The fourth-order valence-corrected chi connectivity index (χ4v) is 4.40. The number of hydrogen-bond acceptors (Lipinski definition) is 5. The van der Waals surface area contributed by atoms with Gasteiger partial charge in [0, 0.05) is 68.2 Å². The lowest BCUT2D eigenvalue weighted by Gasteiger charge is -2.37. The molecule has 1 aliphatic carbocycles. The molecular formula is C22H28ClN5O. The van der Waals surface area contributed by atoms with E-state index in [1.54, 1.807) is 13.3 Å². The first kappa shape index (κ1) is 20.1. The number of carbonyl (C=O) groups excluding carboxylic acids is 1. The molecule has 1 aliphatic heterocycles. The standard InChI is InChI=1S/C22H28ClN5O/c1-17(29)28(22-20-4-2-3-5-21(20)24-16-25-22)15-12-26-10-13-27(14-11-26)19-8-6-18(23)7-9-19/h6-9,16H,2-5,10-15H2,1H3. The molecule has 6 nitrogen and oxygen atoms in total. The Balaban J connectivity index is 1.36. The number of anilines is 2. The number of hydrogen-bond donors (Lipinski definition) is 0. The fourth-order valence-electron chi connectivity index (χ4n) is 4.27. The minimum atomic E-state index is 0.0521. The number of aryl methyl sites for hydroxylation is 1. The largest absolute Gasteiger partial charge is 0.369 e. The van der Waals surface area contributed by atoms with E-state index in [9.17, 15) is 4.79 Å². The van der Waals surface area contributed by atoms with E-state index in [4.69, 9.17) is 11.6 Å². The highest BCUT2D eigenvalue weighted by Gasteiger charge is 2.24. The van der Waals surface area contributed by atoms with Gasteiger partial charge >= 0.3 is 0 Å². The summed E-state index contributed by atoms with van der Waals surface area (Å²) >= 11 is 6.00. The third-order valence-corrected chi connectivity index (χ3v) is 6.19. The van der Waals surface area contributed by atoms with E-state index in [2.05, 4.69) is 31.9 Å². The van der Waals surface area contributed by atoms with E-state index in [1.165, 1.54) is 17.7 Å². The lowest BCUT2D eigenvalue weighted by atomic mass is 9.96. The SMILES string of the molecule is CC(=O)N(CCN1CCN(c2ccc(Cl)cc2)CC1)c1ncnc2c1CCCC2. The van der Waals surface area contributed by atoms with Gasteiger partial charge in [0.05, 0.1) is 0 Å². The van der Waals surface area contributed by atoms with Crippen LogP contribution in [0.1, 0.15) is 31.0 Å². The summed E-state index contributed by atoms with van der Waals surface area (Å²) in [6.45, 7) is 7.07. The topological polar surface area (TPSA) is 52.6 Å². The van der Waals surface area contributed by atoms with Gasteiger partial charge in [-0.3, -0.25) is 14.6 Å². The molecule has 1 amide bonds. The molecule has 2 heterocycles. The smallest absolute Gasteiger partial charge is 0.225 e. The molecule has 2 aromatic rings. The van der Waals surface area contributed by atoms with Crippen LogP contribution >= 0.6 is 11.6 Å². The van der Waals surface area contributed by atoms with Gasteiger partial charge in [0.1, 0.15) is 12.1 Å². The van der Waals surface area contributed by atoms with Gasteiger partial charge in [-0.2, -0.15) is 0 Å². The van der Waals surface area contributed by atoms with Gasteiger partial charge in [0.2, 0.25) is 5.91 Å². The summed E-state index contributed by atoms with van der Waals surface area (Å²) < 4.78 is 0. The number of amides is 1. The molecule has 0 N–H and O–H groups in total. The minimum Gasteiger partial charge on any atom is -0.369 e. The molecule has 154 valence electrons. The van der Waals surface area contributed by atoms with Crippen LogP contribution < -0.4 is 9.80 Å². The summed E-state index contributed by atoms with van der Waals surface area (Å²) in [7, 11) is 0. The minimum absolute atomic E-state index is 0.0521. The Bertz CT molecular complexity index is 849. The number of benzene rings is 1. The van der Waals surface area contributed by atoms with Crippen molar-refractivity contribution in [2.45, 2.75) is 32.6 Å². The maximum Gasteiger partial charge on any atom is 0.225 e. The van der Waals surface area contributed by atoms with Gasteiger partial charge in [0.25, 0.3) is 0 Å². The van der Waals surface area contributed by atoms with Crippen molar-refractivity contribution in [3.8, 4) is 0 Å². The van der Waals surface area contributed by atoms with E-state index >= 15 is 0 Å². The van der Waals surface area contributed by atoms with Crippen LogP contribution in [-0.2, 0) is 17.6 Å². The predicted octanol–water partition coefficient (Wildman–Crippen LogP) is 3.18. The summed E-state index contributed by atoms with van der Waals surface area (Å²) in [5.74, 6) is 0.873. The van der Waals surface area contributed by atoms with Gasteiger partial charge in [0.15, 0.2) is 0 Å². The molecule has 0 radical (unpaired) electrons. The second-order valence-electron chi connectivity index (χ2n) is 7.81. The van der Waals surface area contributed by atoms with Gasteiger partial charge in [-0.1, -0.05) is 11.6 Å². The zero-order valence-electron chi connectivity index (χ0n) is 17.0. The van der Waals surface area contributed by atoms with Crippen LogP contribution in [0.4, 0.5) is 11.5 Å². The van der Waals surface area contributed by atoms with Crippen LogP contribution in [0.5, 0.6) is 0 Å². The molecule has 0 unspecified atom stereocenters. The lowest BCUT2D eigenvalue weighted by molar-refractivity contribution is -0.116. The molecule has 1 fully saturated rings. The van der Waals surface area contributed by atoms with Crippen molar-refractivity contribution in [2.24, 2.45) is 0 Å². The van der Waals surface area contributed by atoms with Crippen molar-refractivity contribution in [3.63, 3.8) is 0 Å². The zero-order valence-corrected chi connectivity index (χ0v) is 17.7. The maximum atomic E-state index is 12.4. The number of rotatable bonds is 5. The van der Waals surface area contributed by atoms with Crippen molar-refractivity contribution in [3.05, 3.63) is 46.9 Å². The maximum absolute atomic E-state index is 12.4. The molecule has 2 aliphatic rings. The number of piperazine rings is 1. The van der Waals surface area contributed by atoms with E-state index in [0.717, 1.165) is 68.5 Å². The lowest BCUT2D eigenvalue weighted by Crippen LogP contribution is -2.49. The van der Waals surface area contributed by atoms with Gasteiger partial charge in [-0.15, -0.1) is 0 Å². The number of fused-ring (bicyclic) bond motifs is 1. The van der Waals surface area contributed by atoms with Crippen molar-refractivity contribution in [1.29, 1.82) is 0 Å². The summed E-state index contributed by atoms with van der Waals surface area (Å²) in [6, 6.07) is 8.04. The third-order valence-electron chi connectivity index (χ3n) is 5.94. The van der Waals surface area contributed by atoms with Gasteiger partial charge in [-0.25, -0.2) is 9.97 Å². The van der Waals surface area contributed by atoms with E-state index in [1.807, 2.05) is 17.0 Å². The molecule has 0 saturated carbocycles. The van der Waals surface area contributed by atoms with Crippen molar-refractivity contribution >= 4 is 29.0 Å². The second-order valence-corrected chi connectivity index (χ2v) is 8.24. The Labute approximate surface area is 177 Å². The molecule has 4 rings (SSSR count). The number of nitrogens with zero attached hydrogens (tertiary/aromatic N) is 5. The highest BCUT2D eigenvalue weighted by Crippen LogP contribution is 2.27. The zero-order chi connectivity index (χ0) is 20.2. The molecule has 0 spiro atoms. The molecular weight excluding hydrogens is 386 g/mol. The number of carbonyl (C=O) groups is 1. The molecule has 0 bridgehead atoms. The molecule has 7 heteroatoms. The summed E-state index contributed by atoms with van der Waals surface area (Å²) in [6.07, 6.45) is 5.88. The first-order valence-corrected chi connectivity index (χ1v) is 10.8. The van der Waals surface area contributed by atoms with Gasteiger partial charge in [-0.05, 0) is 49.9 Å². The molecule has 29 heavy (non-hydrogen) atoms. The summed E-state index contributed by atoms with van der Waals surface area (Å²) in [4.78, 5) is 28.0. The Morgan fingerprint density at radius 3 is 2.52 bits per heavy atom. The van der Waals surface area contributed by atoms with Crippen LogP contribution in [0.3, 0.4) is 0 Å². The Kier molecular flexibility index (Phi) is 6.31. The summed E-state index contributed by atoms with van der Waals surface area (Å²) in [5, 5.41) is 0.767. The number of aromatic nitrogens is 2. The van der Waals surface area contributed by atoms with E-state index in [-0.39, 0.29) is 5.91 Å². The quantitative estimate of drug-likeness (QED) is 0.753. The molecule has 1 aromatic carbocycles. The first-order chi connectivity index (χ1) is 14.1. The number of halogens is 1. The first-order valence-electron chi connectivity index (χ1n) is 10.5. The van der Waals surface area contributed by atoms with E-state index in [0.29, 0.717) is 6.54 Å². The Morgan fingerprint density at radius 1 is 1.07 bits per heavy atom. The summed E-state index contributed by atoms with van der Waals surface area (Å²) in [5.41, 5.74) is 3.50. The fraction of sp³-hybridized carbons (Fsp3) is 0.500. The van der Waals surface area contributed by atoms with Crippen LogP contribution in [0.25, 0.3) is 0 Å². The average Bonchev–Trinajstić information content (AvgIpc) is 2.75. The Morgan fingerprint density at radius 2 is 1.79 bits per heavy atom. The van der Waals surface area contributed by atoms with Gasteiger partial charge < -0.3 is 4.90 Å². The van der Waals surface area contributed by atoms with Crippen molar-refractivity contribution in [2.75, 3.05) is 49.1 Å². The molecule has 1 aromatic heterocycles. The highest BCUT2D eigenvalue weighted by molar-refractivity contribution is 6.30. The van der Waals surface area contributed by atoms with Crippen LogP contribution in [0, 0.1) is 0 Å². The highest BCUT2D eigenvalue weighted by atomic mass is 35.5. The van der Waals surface area contributed by atoms with Crippen LogP contribution in [-0.4, -0.2) is 60.0 Å². The molecule has 1 saturated heterocycles. The van der Waals surface area contributed by atoms with Crippen molar-refractivity contribution < 1.29 is 4.79 Å². The van der Waals surface area contributed by atoms with Crippen molar-refractivity contribution in [1.82, 2.24) is 14.9 Å². The average molecular weight is 414 g/mol. The predicted molar refractivity (Wildman–Crippen MR) is 117 cm³/mol. The van der Waals surface area contributed by atoms with E-state index < -0.39 is 0 Å². The molecule has 0 atom stereocenters. The normalized spacial score (nSPS) is 17.1. The Hall–Kier alpha value is -2.18.